The third kappa shape index (κ3) is 1.87. The Morgan fingerprint density at radius 3 is 2.46 bits per heavy atom. The van der Waals surface area contributed by atoms with Gasteiger partial charge >= 0.3 is 0 Å². The van der Waals surface area contributed by atoms with Crippen molar-refractivity contribution in [3.05, 3.63) is 0 Å². The van der Waals surface area contributed by atoms with Gasteiger partial charge in [-0.3, -0.25) is 0 Å². The largest absolute Gasteiger partial charge is 0.394 e. The van der Waals surface area contributed by atoms with Crippen LogP contribution in [0.5, 0.6) is 0 Å². The van der Waals surface area contributed by atoms with Gasteiger partial charge in [0.1, 0.15) is 0 Å². The van der Waals surface area contributed by atoms with Gasteiger partial charge < -0.3 is 15.6 Å². The van der Waals surface area contributed by atoms with Crippen LogP contribution in [0.1, 0.15) is 33.1 Å². The molecule has 0 saturated heterocycles. The van der Waals surface area contributed by atoms with Crippen LogP contribution < -0.4 is 5.73 Å². The molecule has 3 nitrogen and oxygen atoms in total. The molecule has 0 radical (unpaired) electrons. The van der Waals surface area contributed by atoms with E-state index in [-0.39, 0.29) is 17.6 Å². The second-order valence-corrected chi connectivity index (χ2v) is 4.51. The highest BCUT2D eigenvalue weighted by Gasteiger charge is 2.48. The van der Waals surface area contributed by atoms with Crippen LogP contribution in [0.3, 0.4) is 0 Å². The van der Waals surface area contributed by atoms with E-state index in [0.717, 1.165) is 12.8 Å². The monoisotopic (exact) mass is 187 g/mol. The summed E-state index contributed by atoms with van der Waals surface area (Å²) in [5.41, 5.74) is 5.73. The van der Waals surface area contributed by atoms with Crippen molar-refractivity contribution in [2.75, 3.05) is 19.8 Å². The lowest BCUT2D eigenvalue weighted by Crippen LogP contribution is -2.49. The van der Waals surface area contributed by atoms with Gasteiger partial charge in [-0.2, -0.15) is 0 Å². The topological polar surface area (TPSA) is 55.5 Å². The van der Waals surface area contributed by atoms with Gasteiger partial charge in [-0.25, -0.2) is 0 Å². The van der Waals surface area contributed by atoms with Crippen molar-refractivity contribution in [2.45, 2.75) is 38.7 Å². The lowest BCUT2D eigenvalue weighted by molar-refractivity contribution is -0.106. The average Bonchev–Trinajstić information content (AvgIpc) is 2.38. The number of hydrogen-bond donors (Lipinski definition) is 2. The maximum absolute atomic E-state index is 8.74. The van der Waals surface area contributed by atoms with E-state index in [1.165, 1.54) is 6.42 Å². The smallest absolute Gasteiger partial charge is 0.0855 e. The molecule has 1 saturated carbocycles. The zero-order chi connectivity index (χ0) is 9.95. The summed E-state index contributed by atoms with van der Waals surface area (Å²) in [6.07, 6.45) is 3.36. The van der Waals surface area contributed by atoms with Gasteiger partial charge in [0.15, 0.2) is 0 Å². The molecule has 3 N–H and O–H groups in total. The quantitative estimate of drug-likeness (QED) is 0.687. The third-order valence-corrected chi connectivity index (χ3v) is 3.42. The lowest BCUT2D eigenvalue weighted by Gasteiger charge is -2.40. The van der Waals surface area contributed by atoms with Crippen LogP contribution in [-0.2, 0) is 4.74 Å². The maximum atomic E-state index is 8.74. The van der Waals surface area contributed by atoms with Crippen molar-refractivity contribution in [3.8, 4) is 0 Å². The van der Waals surface area contributed by atoms with Gasteiger partial charge in [-0.15, -0.1) is 0 Å². The van der Waals surface area contributed by atoms with Crippen LogP contribution in [-0.4, -0.2) is 30.5 Å². The van der Waals surface area contributed by atoms with Crippen LogP contribution in [0.25, 0.3) is 0 Å². The minimum atomic E-state index is -0.199. The molecular weight excluding hydrogens is 166 g/mol. The zero-order valence-corrected chi connectivity index (χ0v) is 8.68. The molecule has 1 fully saturated rings. The molecule has 13 heavy (non-hydrogen) atoms. The highest BCUT2D eigenvalue weighted by atomic mass is 16.5. The number of nitrogens with two attached hydrogens (primary N) is 1. The summed E-state index contributed by atoms with van der Waals surface area (Å²) in [5, 5.41) is 8.74. The Morgan fingerprint density at radius 2 is 2.08 bits per heavy atom. The first kappa shape index (κ1) is 11.0. The third-order valence-electron chi connectivity index (χ3n) is 3.42. The molecule has 1 aliphatic rings. The number of ether oxygens (including phenoxy) is 1. The molecule has 0 aromatic heterocycles. The SMILES string of the molecule is CC1(C)CCCC1(CN)OCCO. The lowest BCUT2D eigenvalue weighted by atomic mass is 9.77. The van der Waals surface area contributed by atoms with Gasteiger partial charge in [0, 0.05) is 6.54 Å². The van der Waals surface area contributed by atoms with Crippen molar-refractivity contribution in [1.82, 2.24) is 0 Å². The molecule has 1 rings (SSSR count). The summed E-state index contributed by atoms with van der Waals surface area (Å²) in [6.45, 7) is 5.44. The molecule has 3 heteroatoms. The fourth-order valence-electron chi connectivity index (χ4n) is 2.33. The standard InChI is InChI=1S/C10H21NO2/c1-9(2)4-3-5-10(9,8-11)13-7-6-12/h12H,3-8,11H2,1-2H3. The summed E-state index contributed by atoms with van der Waals surface area (Å²) in [4.78, 5) is 0. The van der Waals surface area contributed by atoms with E-state index in [1.54, 1.807) is 0 Å². The first-order valence-corrected chi connectivity index (χ1v) is 5.03. The molecule has 1 aliphatic carbocycles. The molecular formula is C10H21NO2. The van der Waals surface area contributed by atoms with Crippen molar-refractivity contribution >= 4 is 0 Å². The minimum absolute atomic E-state index is 0.0812. The van der Waals surface area contributed by atoms with Crippen LogP contribution in [0.15, 0.2) is 0 Å². The highest BCUT2D eigenvalue weighted by Crippen LogP contribution is 2.47. The number of aliphatic hydroxyl groups excluding tert-OH is 1. The van der Waals surface area contributed by atoms with Crippen LogP contribution in [0.4, 0.5) is 0 Å². The molecule has 0 bridgehead atoms. The molecule has 1 atom stereocenters. The van der Waals surface area contributed by atoms with Crippen molar-refractivity contribution in [2.24, 2.45) is 11.1 Å². The predicted octanol–water partition coefficient (Wildman–Crippen LogP) is 0.903. The Labute approximate surface area is 80.3 Å². The Bertz CT molecular complexity index is 170. The Balaban J connectivity index is 2.67. The number of rotatable bonds is 4. The zero-order valence-electron chi connectivity index (χ0n) is 8.68. The summed E-state index contributed by atoms with van der Waals surface area (Å²) < 4.78 is 5.73. The molecule has 1 unspecified atom stereocenters. The first-order chi connectivity index (χ1) is 6.08. The summed E-state index contributed by atoms with van der Waals surface area (Å²) in [7, 11) is 0. The van der Waals surface area contributed by atoms with Crippen LogP contribution in [0, 0.1) is 5.41 Å². The van der Waals surface area contributed by atoms with E-state index in [9.17, 15) is 0 Å². The second kappa shape index (κ2) is 3.95. The normalized spacial score (nSPS) is 32.3. The number of hydrogen-bond acceptors (Lipinski definition) is 3. The highest BCUT2D eigenvalue weighted by molar-refractivity contribution is 5.01. The van der Waals surface area contributed by atoms with Crippen molar-refractivity contribution in [1.29, 1.82) is 0 Å². The van der Waals surface area contributed by atoms with Crippen LogP contribution in [0.2, 0.25) is 0 Å². The molecule has 0 heterocycles. The van der Waals surface area contributed by atoms with Gasteiger partial charge in [-0.1, -0.05) is 13.8 Å². The fraction of sp³-hybridized carbons (Fsp3) is 1.00. The molecule has 0 amide bonds. The molecule has 0 aromatic rings. The van der Waals surface area contributed by atoms with Gasteiger partial charge in [0.25, 0.3) is 0 Å². The average molecular weight is 187 g/mol. The summed E-state index contributed by atoms with van der Waals surface area (Å²) in [5.74, 6) is 0. The molecule has 78 valence electrons. The maximum Gasteiger partial charge on any atom is 0.0855 e. The van der Waals surface area contributed by atoms with Gasteiger partial charge in [0.05, 0.1) is 18.8 Å². The predicted molar refractivity (Wildman–Crippen MR) is 52.5 cm³/mol. The molecule has 0 aliphatic heterocycles. The van der Waals surface area contributed by atoms with E-state index in [1.807, 2.05) is 0 Å². The minimum Gasteiger partial charge on any atom is -0.394 e. The van der Waals surface area contributed by atoms with E-state index in [4.69, 9.17) is 15.6 Å². The summed E-state index contributed by atoms with van der Waals surface area (Å²) >= 11 is 0. The molecule has 0 spiro atoms. The van der Waals surface area contributed by atoms with Crippen molar-refractivity contribution < 1.29 is 9.84 Å². The van der Waals surface area contributed by atoms with Crippen LogP contribution >= 0.6 is 0 Å². The fourth-order valence-corrected chi connectivity index (χ4v) is 2.33. The van der Waals surface area contributed by atoms with E-state index >= 15 is 0 Å². The Morgan fingerprint density at radius 1 is 1.38 bits per heavy atom. The number of aliphatic hydroxyl groups is 1. The molecule has 0 aromatic carbocycles. The van der Waals surface area contributed by atoms with E-state index in [0.29, 0.717) is 13.2 Å². The van der Waals surface area contributed by atoms with Crippen molar-refractivity contribution in [3.63, 3.8) is 0 Å². The van der Waals surface area contributed by atoms with Gasteiger partial charge in [0.2, 0.25) is 0 Å². The van der Waals surface area contributed by atoms with Gasteiger partial charge in [-0.05, 0) is 24.7 Å². The Hall–Kier alpha value is -0.120. The summed E-state index contributed by atoms with van der Waals surface area (Å²) in [6, 6.07) is 0. The second-order valence-electron chi connectivity index (χ2n) is 4.51. The van der Waals surface area contributed by atoms with E-state index < -0.39 is 0 Å². The Kier molecular flexibility index (Phi) is 3.33. The van der Waals surface area contributed by atoms with E-state index in [2.05, 4.69) is 13.8 Å². The first-order valence-electron chi connectivity index (χ1n) is 5.03.